The lowest BCUT2D eigenvalue weighted by Gasteiger charge is -2.12. The van der Waals surface area contributed by atoms with Crippen LogP contribution in [0.3, 0.4) is 0 Å². The fourth-order valence-corrected chi connectivity index (χ4v) is 5.09. The van der Waals surface area contributed by atoms with E-state index in [1.54, 1.807) is 0 Å². The number of nitrogens with zero attached hydrogens (tertiary/aromatic N) is 1. The van der Waals surface area contributed by atoms with Crippen molar-refractivity contribution in [2.45, 2.75) is 6.92 Å². The summed E-state index contributed by atoms with van der Waals surface area (Å²) in [5, 5.41) is 7.78. The number of hydrogen-bond acceptors (Lipinski definition) is 1. The third-order valence-electron chi connectivity index (χ3n) is 6.88. The van der Waals surface area contributed by atoms with E-state index in [-0.39, 0.29) is 0 Å². The van der Waals surface area contributed by atoms with Gasteiger partial charge in [0.1, 0.15) is 0 Å². The summed E-state index contributed by atoms with van der Waals surface area (Å²) in [6.45, 7) is 2.03. The molecule has 0 aliphatic rings. The fraction of sp³-hybridized carbons (Fsp3) is 0.0278. The van der Waals surface area contributed by atoms with E-state index in [1.807, 2.05) is 19.2 Å². The Morgan fingerprint density at radius 3 is 1.70 bits per heavy atom. The molecule has 0 saturated heterocycles. The van der Waals surface area contributed by atoms with Crippen molar-refractivity contribution in [2.24, 2.45) is 4.99 Å². The monoisotopic (exact) mass is 473 g/mol. The molecule has 176 valence electrons. The van der Waals surface area contributed by atoms with Gasteiger partial charge in [0.05, 0.1) is 5.69 Å². The number of fused-ring (bicyclic) bond motifs is 6. The minimum absolute atomic E-state index is 0.935. The molecule has 6 rings (SSSR count). The lowest BCUT2D eigenvalue weighted by Crippen LogP contribution is -1.85. The maximum absolute atomic E-state index is 4.68. The van der Waals surface area contributed by atoms with Gasteiger partial charge in [-0.25, -0.2) is 0 Å². The summed E-state index contributed by atoms with van der Waals surface area (Å²) in [5.74, 6) is 0. The second kappa shape index (κ2) is 10.1. The largest absolute Gasteiger partial charge is 0.257 e. The van der Waals surface area contributed by atoms with E-state index in [0.29, 0.717) is 0 Å². The zero-order chi connectivity index (χ0) is 25.0. The van der Waals surface area contributed by atoms with Crippen LogP contribution in [0.4, 0.5) is 5.69 Å². The van der Waals surface area contributed by atoms with Gasteiger partial charge in [0, 0.05) is 6.21 Å². The summed E-state index contributed by atoms with van der Waals surface area (Å²) in [4.78, 5) is 4.68. The third kappa shape index (κ3) is 4.48. The maximum atomic E-state index is 4.68. The molecule has 0 saturated carbocycles. The normalized spacial score (nSPS) is 12.4. The van der Waals surface area contributed by atoms with Gasteiger partial charge >= 0.3 is 0 Å². The minimum atomic E-state index is 0.935. The molecule has 0 bridgehead atoms. The molecule has 1 nitrogen and oxygen atoms in total. The molecule has 0 aliphatic carbocycles. The summed E-state index contributed by atoms with van der Waals surface area (Å²) < 4.78 is 0. The molecule has 6 aromatic rings. The SMILES string of the molecule is C\C=C/C(=C\C=N\c1ccc(-c2ccc3c4ccccc4c4ccccc4c3c2)cc1)c1ccccc1. The Kier molecular flexibility index (Phi) is 6.19. The van der Waals surface area contributed by atoms with E-state index in [1.165, 1.54) is 49.0 Å². The van der Waals surface area contributed by atoms with E-state index < -0.39 is 0 Å². The summed E-state index contributed by atoms with van der Waals surface area (Å²) in [5.41, 5.74) is 5.65. The number of allylic oxidation sites excluding steroid dienone is 4. The van der Waals surface area contributed by atoms with Crippen LogP contribution in [-0.4, -0.2) is 6.21 Å². The Balaban J connectivity index is 1.34. The van der Waals surface area contributed by atoms with E-state index in [4.69, 9.17) is 0 Å². The quantitative estimate of drug-likeness (QED) is 0.134. The molecule has 37 heavy (non-hydrogen) atoms. The van der Waals surface area contributed by atoms with Gasteiger partial charge in [-0.15, -0.1) is 0 Å². The van der Waals surface area contributed by atoms with Gasteiger partial charge in [0.25, 0.3) is 0 Å². The van der Waals surface area contributed by atoms with Crippen molar-refractivity contribution in [3.8, 4) is 11.1 Å². The van der Waals surface area contributed by atoms with Gasteiger partial charge in [0.15, 0.2) is 0 Å². The van der Waals surface area contributed by atoms with E-state index in [9.17, 15) is 0 Å². The van der Waals surface area contributed by atoms with Crippen molar-refractivity contribution in [3.63, 3.8) is 0 Å². The van der Waals surface area contributed by atoms with Gasteiger partial charge in [-0.05, 0) is 85.8 Å². The number of hydrogen-bond donors (Lipinski definition) is 0. The molecule has 6 aromatic carbocycles. The number of aliphatic imine (C=N–C) groups is 1. The minimum Gasteiger partial charge on any atom is -0.257 e. The predicted octanol–water partition coefficient (Wildman–Crippen LogP) is 10.2. The second-order valence-corrected chi connectivity index (χ2v) is 9.16. The molecule has 0 radical (unpaired) electrons. The predicted molar refractivity (Wildman–Crippen MR) is 162 cm³/mol. The topological polar surface area (TPSA) is 12.4 Å². The van der Waals surface area contributed by atoms with Crippen LogP contribution in [0.1, 0.15) is 12.5 Å². The lowest BCUT2D eigenvalue weighted by molar-refractivity contribution is 1.53. The first-order chi connectivity index (χ1) is 18.3. The van der Waals surface area contributed by atoms with Gasteiger partial charge in [0.2, 0.25) is 0 Å². The van der Waals surface area contributed by atoms with Gasteiger partial charge in [-0.1, -0.05) is 115 Å². The van der Waals surface area contributed by atoms with Gasteiger partial charge in [-0.2, -0.15) is 0 Å². The average molecular weight is 474 g/mol. The average Bonchev–Trinajstić information content (AvgIpc) is 2.97. The molecule has 0 aliphatic heterocycles. The van der Waals surface area contributed by atoms with Crippen molar-refractivity contribution in [1.82, 2.24) is 0 Å². The molecule has 0 spiro atoms. The Hall–Kier alpha value is -4.75. The molecule has 0 N–H and O–H groups in total. The molecule has 0 unspecified atom stereocenters. The molecular formula is C36H27N. The first kappa shape index (κ1) is 22.7. The summed E-state index contributed by atoms with van der Waals surface area (Å²) in [6, 6.07) is 43.1. The smallest absolute Gasteiger partial charge is 0.0630 e. The third-order valence-corrected chi connectivity index (χ3v) is 6.88. The molecule has 0 amide bonds. The highest BCUT2D eigenvalue weighted by Gasteiger charge is 2.09. The number of benzene rings is 6. The number of rotatable bonds is 5. The van der Waals surface area contributed by atoms with Crippen molar-refractivity contribution in [3.05, 3.63) is 145 Å². The van der Waals surface area contributed by atoms with Crippen LogP contribution in [0.5, 0.6) is 0 Å². The van der Waals surface area contributed by atoms with Crippen molar-refractivity contribution >= 4 is 49.8 Å². The van der Waals surface area contributed by atoms with Crippen LogP contribution >= 0.6 is 0 Å². The van der Waals surface area contributed by atoms with Gasteiger partial charge < -0.3 is 0 Å². The van der Waals surface area contributed by atoms with Gasteiger partial charge in [-0.3, -0.25) is 4.99 Å². The van der Waals surface area contributed by atoms with Crippen LogP contribution in [0.25, 0.3) is 49.0 Å². The molecule has 0 heterocycles. The van der Waals surface area contributed by atoms with Crippen molar-refractivity contribution < 1.29 is 0 Å². The Labute approximate surface area is 217 Å². The highest BCUT2D eigenvalue weighted by atomic mass is 14.7. The highest BCUT2D eigenvalue weighted by Crippen LogP contribution is 2.37. The Bertz CT molecular complexity index is 1770. The summed E-state index contributed by atoms with van der Waals surface area (Å²) >= 11 is 0. The van der Waals surface area contributed by atoms with Crippen LogP contribution in [0.2, 0.25) is 0 Å². The van der Waals surface area contributed by atoms with E-state index >= 15 is 0 Å². The zero-order valence-corrected chi connectivity index (χ0v) is 20.8. The standard InChI is InChI=1S/C36H27N/c1-2-10-26(27-11-4-3-5-12-27)23-24-37-30-20-17-28(18-21-30)29-19-22-35-33-15-7-6-13-31(33)32-14-8-9-16-34(32)36(35)25-29/h2-25H,1H3/b10-2-,26-23+,37-24+. The van der Waals surface area contributed by atoms with E-state index in [0.717, 1.165) is 11.3 Å². The molecule has 1 heteroatoms. The first-order valence-corrected chi connectivity index (χ1v) is 12.7. The fourth-order valence-electron chi connectivity index (χ4n) is 5.09. The summed E-state index contributed by atoms with van der Waals surface area (Å²) in [7, 11) is 0. The highest BCUT2D eigenvalue weighted by molar-refractivity contribution is 6.25. The molecule has 0 aromatic heterocycles. The van der Waals surface area contributed by atoms with Crippen LogP contribution < -0.4 is 0 Å². The molecule has 0 atom stereocenters. The Morgan fingerprint density at radius 1 is 0.541 bits per heavy atom. The maximum Gasteiger partial charge on any atom is 0.0630 e. The second-order valence-electron chi connectivity index (χ2n) is 9.16. The van der Waals surface area contributed by atoms with Crippen LogP contribution in [0, 0.1) is 0 Å². The zero-order valence-electron chi connectivity index (χ0n) is 20.8. The van der Waals surface area contributed by atoms with E-state index in [2.05, 4.69) is 138 Å². The van der Waals surface area contributed by atoms with Crippen LogP contribution in [0.15, 0.2) is 145 Å². The van der Waals surface area contributed by atoms with Crippen molar-refractivity contribution in [2.75, 3.05) is 0 Å². The molecule has 0 fully saturated rings. The Morgan fingerprint density at radius 2 is 1.08 bits per heavy atom. The van der Waals surface area contributed by atoms with Crippen LogP contribution in [-0.2, 0) is 0 Å². The summed E-state index contributed by atoms with van der Waals surface area (Å²) in [6.07, 6.45) is 8.10. The lowest BCUT2D eigenvalue weighted by atomic mass is 9.92. The molecular weight excluding hydrogens is 446 g/mol. The van der Waals surface area contributed by atoms with Crippen molar-refractivity contribution in [1.29, 1.82) is 0 Å². The first-order valence-electron chi connectivity index (χ1n) is 12.7.